The van der Waals surface area contributed by atoms with E-state index in [0.29, 0.717) is 0 Å². The molecule has 7 nitrogen and oxygen atoms in total. The summed E-state index contributed by atoms with van der Waals surface area (Å²) >= 11 is 0. The molecule has 0 aliphatic heterocycles. The van der Waals surface area contributed by atoms with Crippen molar-refractivity contribution in [1.29, 1.82) is 5.26 Å². The van der Waals surface area contributed by atoms with E-state index in [9.17, 15) is 14.4 Å². The lowest BCUT2D eigenvalue weighted by Crippen LogP contribution is -2.45. The highest BCUT2D eigenvalue weighted by atomic mass is 16.4. The quantitative estimate of drug-likeness (QED) is 0.630. The number of hydrogen-bond donors (Lipinski definition) is 3. The van der Waals surface area contributed by atoms with Crippen molar-refractivity contribution in [2.45, 2.75) is 45.2 Å². The summed E-state index contributed by atoms with van der Waals surface area (Å²) in [5.74, 6) is -2.53. The number of nitrogens with one attached hydrogen (secondary N) is 2. The van der Waals surface area contributed by atoms with Crippen molar-refractivity contribution in [2.24, 2.45) is 5.92 Å². The molecule has 3 N–H and O–H groups in total. The number of carbonyl (C=O) groups is 3. The highest BCUT2D eigenvalue weighted by Gasteiger charge is 2.26. The normalized spacial score (nSPS) is 13.8. The number of carboxylic acids is 1. The first-order valence-electron chi connectivity index (χ1n) is 8.08. The van der Waals surface area contributed by atoms with Crippen molar-refractivity contribution in [3.8, 4) is 6.07 Å². The van der Waals surface area contributed by atoms with E-state index in [1.165, 1.54) is 0 Å². The molecular weight excluding hydrogens is 322 g/mol. The first-order valence-corrected chi connectivity index (χ1v) is 8.08. The van der Waals surface area contributed by atoms with Gasteiger partial charge in [0.25, 0.3) is 0 Å². The van der Waals surface area contributed by atoms with Gasteiger partial charge in [0.15, 0.2) is 0 Å². The summed E-state index contributed by atoms with van der Waals surface area (Å²) in [5.41, 5.74) is 0.955. The maximum Gasteiger partial charge on any atom is 0.326 e. The molecule has 0 aliphatic carbocycles. The number of carbonyl (C=O) groups excluding carboxylic acids is 2. The number of benzene rings is 1. The third-order valence-electron chi connectivity index (χ3n) is 3.82. The molecule has 7 heteroatoms. The molecule has 0 bridgehead atoms. The number of hydrogen-bond acceptors (Lipinski definition) is 4. The second-order valence-corrected chi connectivity index (χ2v) is 5.92. The molecule has 1 rings (SSSR count). The minimum Gasteiger partial charge on any atom is -0.480 e. The molecule has 0 unspecified atom stereocenters. The van der Waals surface area contributed by atoms with Crippen molar-refractivity contribution in [3.63, 3.8) is 0 Å². The molecule has 0 heterocycles. The van der Waals surface area contributed by atoms with Gasteiger partial charge in [0.2, 0.25) is 11.8 Å². The fourth-order valence-electron chi connectivity index (χ4n) is 2.32. The molecule has 1 aromatic carbocycles. The van der Waals surface area contributed by atoms with Gasteiger partial charge >= 0.3 is 5.97 Å². The van der Waals surface area contributed by atoms with Crippen LogP contribution in [0.3, 0.4) is 0 Å². The average Bonchev–Trinajstić information content (AvgIpc) is 2.58. The highest BCUT2D eigenvalue weighted by Crippen LogP contribution is 2.12. The summed E-state index contributed by atoms with van der Waals surface area (Å²) in [4.78, 5) is 35.0. The smallest absolute Gasteiger partial charge is 0.326 e. The number of nitrogens with zero attached hydrogens (tertiary/aromatic N) is 1. The van der Waals surface area contributed by atoms with Gasteiger partial charge in [0.1, 0.15) is 6.04 Å². The Bertz CT molecular complexity index is 639. The Morgan fingerprint density at radius 1 is 1.08 bits per heavy atom. The largest absolute Gasteiger partial charge is 0.480 e. The van der Waals surface area contributed by atoms with Gasteiger partial charge in [-0.25, -0.2) is 4.79 Å². The minimum absolute atomic E-state index is 0.0202. The number of carboxylic acid groups (broad SMARTS) is 1. The van der Waals surface area contributed by atoms with E-state index in [2.05, 4.69) is 10.6 Å². The predicted octanol–water partition coefficient (Wildman–Crippen LogP) is 1.76. The number of rotatable bonds is 9. The Kier molecular flexibility index (Phi) is 8.13. The molecule has 1 aromatic rings. The lowest BCUT2D eigenvalue weighted by molar-refractivity contribution is -0.143. The second kappa shape index (κ2) is 10.1. The molecule has 25 heavy (non-hydrogen) atoms. The molecule has 0 aliphatic rings. The van der Waals surface area contributed by atoms with Gasteiger partial charge in [-0.05, 0) is 12.5 Å². The first kappa shape index (κ1) is 20.2. The lowest BCUT2D eigenvalue weighted by Gasteiger charge is -2.19. The van der Waals surface area contributed by atoms with Crippen LogP contribution >= 0.6 is 0 Å². The van der Waals surface area contributed by atoms with E-state index >= 15 is 0 Å². The molecule has 0 aromatic heterocycles. The number of aliphatic carboxylic acids is 1. The monoisotopic (exact) mass is 345 g/mol. The zero-order chi connectivity index (χ0) is 18.8. The summed E-state index contributed by atoms with van der Waals surface area (Å²) in [6.45, 7) is 3.42. The van der Waals surface area contributed by atoms with Crippen LogP contribution in [0.15, 0.2) is 30.3 Å². The third kappa shape index (κ3) is 7.04. The van der Waals surface area contributed by atoms with Crippen LogP contribution in [0.2, 0.25) is 0 Å². The van der Waals surface area contributed by atoms with Crippen molar-refractivity contribution in [2.75, 3.05) is 0 Å². The fourth-order valence-corrected chi connectivity index (χ4v) is 2.32. The van der Waals surface area contributed by atoms with Crippen LogP contribution in [0.1, 0.15) is 44.7 Å². The van der Waals surface area contributed by atoms with Crippen molar-refractivity contribution in [3.05, 3.63) is 35.9 Å². The fraction of sp³-hybridized carbons (Fsp3) is 0.444. The van der Waals surface area contributed by atoms with Gasteiger partial charge in [-0.2, -0.15) is 5.26 Å². The topological polar surface area (TPSA) is 119 Å². The summed E-state index contributed by atoms with van der Waals surface area (Å²) in [5, 5.41) is 22.9. The first-order chi connectivity index (χ1) is 11.8. The zero-order valence-electron chi connectivity index (χ0n) is 14.4. The van der Waals surface area contributed by atoms with Crippen LogP contribution < -0.4 is 10.6 Å². The van der Waals surface area contributed by atoms with E-state index in [-0.39, 0.29) is 31.2 Å². The van der Waals surface area contributed by atoms with Crippen molar-refractivity contribution >= 4 is 17.8 Å². The van der Waals surface area contributed by atoms with E-state index in [4.69, 9.17) is 10.4 Å². The van der Waals surface area contributed by atoms with E-state index in [1.807, 2.05) is 43.3 Å². The van der Waals surface area contributed by atoms with E-state index in [1.54, 1.807) is 6.92 Å². The Labute approximate surface area is 147 Å². The molecule has 2 amide bonds. The predicted molar refractivity (Wildman–Crippen MR) is 91.2 cm³/mol. The van der Waals surface area contributed by atoms with E-state index < -0.39 is 23.8 Å². The average molecular weight is 345 g/mol. The maximum absolute atomic E-state index is 11.9. The summed E-state index contributed by atoms with van der Waals surface area (Å²) in [7, 11) is 0. The SMILES string of the molecule is C[C@H](CC#N)[C@H](NC(=O)CCC(=O)N[C@H](C)c1ccccc1)C(=O)O. The molecule has 3 atom stereocenters. The molecule has 0 radical (unpaired) electrons. The Morgan fingerprint density at radius 3 is 2.16 bits per heavy atom. The van der Waals surface area contributed by atoms with Gasteiger partial charge in [0.05, 0.1) is 12.1 Å². The molecule has 0 saturated carbocycles. The number of amides is 2. The van der Waals surface area contributed by atoms with Crippen LogP contribution in [0.5, 0.6) is 0 Å². The molecule has 0 spiro atoms. The molecule has 134 valence electrons. The summed E-state index contributed by atoms with van der Waals surface area (Å²) in [6.07, 6.45) is -0.134. The van der Waals surface area contributed by atoms with Crippen molar-refractivity contribution < 1.29 is 19.5 Å². The maximum atomic E-state index is 11.9. The van der Waals surface area contributed by atoms with Crippen LogP contribution in [0, 0.1) is 17.2 Å². The van der Waals surface area contributed by atoms with Crippen molar-refractivity contribution in [1.82, 2.24) is 10.6 Å². The third-order valence-corrected chi connectivity index (χ3v) is 3.82. The number of nitriles is 1. The standard InChI is InChI=1S/C18H23N3O4/c1-12(10-11-19)17(18(24)25)21-16(23)9-8-15(22)20-13(2)14-6-4-3-5-7-14/h3-7,12-13,17H,8-10H2,1-2H3,(H,20,22)(H,21,23)(H,24,25)/t12-,13-,17+/m1/s1. The molecular formula is C18H23N3O4. The van der Waals surface area contributed by atoms with E-state index in [0.717, 1.165) is 5.56 Å². The van der Waals surface area contributed by atoms with Gasteiger partial charge in [-0.15, -0.1) is 0 Å². The highest BCUT2D eigenvalue weighted by molar-refractivity contribution is 5.87. The molecule has 0 saturated heterocycles. The van der Waals surface area contributed by atoms with Crippen LogP contribution in [0.4, 0.5) is 0 Å². The Balaban J connectivity index is 2.45. The van der Waals surface area contributed by atoms with Gasteiger partial charge < -0.3 is 15.7 Å². The second-order valence-electron chi connectivity index (χ2n) is 5.92. The zero-order valence-corrected chi connectivity index (χ0v) is 14.4. The Morgan fingerprint density at radius 2 is 1.64 bits per heavy atom. The van der Waals surface area contributed by atoms with Gasteiger partial charge in [-0.3, -0.25) is 9.59 Å². The lowest BCUT2D eigenvalue weighted by atomic mass is 9.99. The Hall–Kier alpha value is -2.88. The summed E-state index contributed by atoms with van der Waals surface area (Å²) in [6, 6.07) is 9.99. The summed E-state index contributed by atoms with van der Waals surface area (Å²) < 4.78 is 0. The van der Waals surface area contributed by atoms with Crippen LogP contribution in [-0.4, -0.2) is 28.9 Å². The van der Waals surface area contributed by atoms with Gasteiger partial charge in [0, 0.05) is 25.2 Å². The van der Waals surface area contributed by atoms with Crippen LogP contribution in [-0.2, 0) is 14.4 Å². The molecule has 0 fully saturated rings. The van der Waals surface area contributed by atoms with Crippen LogP contribution in [0.25, 0.3) is 0 Å². The minimum atomic E-state index is -1.20. The van der Waals surface area contributed by atoms with Gasteiger partial charge in [-0.1, -0.05) is 37.3 Å².